The van der Waals surface area contributed by atoms with Gasteiger partial charge in [-0.15, -0.1) is 11.3 Å². The van der Waals surface area contributed by atoms with Crippen LogP contribution in [-0.4, -0.2) is 43.7 Å². The van der Waals surface area contributed by atoms with Gasteiger partial charge in [0.15, 0.2) is 0 Å². The number of amides is 1. The fraction of sp³-hybridized carbons (Fsp3) is 0.391. The number of nitrogens with one attached hydrogen (secondary N) is 1. The van der Waals surface area contributed by atoms with Crippen molar-refractivity contribution in [2.45, 2.75) is 19.3 Å². The molecule has 29 heavy (non-hydrogen) atoms. The van der Waals surface area contributed by atoms with Crippen LogP contribution in [0.1, 0.15) is 33.6 Å². The third kappa shape index (κ3) is 4.28. The van der Waals surface area contributed by atoms with E-state index in [-0.39, 0.29) is 5.91 Å². The maximum atomic E-state index is 13.0. The molecule has 5 nitrogen and oxygen atoms in total. The number of hydrogen-bond donors (Lipinski definition) is 1. The summed E-state index contributed by atoms with van der Waals surface area (Å²) in [5.41, 5.74) is 2.94. The van der Waals surface area contributed by atoms with Gasteiger partial charge in [-0.1, -0.05) is 30.3 Å². The molecular formula is C23H25N3O2S. The molecule has 2 aromatic heterocycles. The highest BCUT2D eigenvalue weighted by Crippen LogP contribution is 2.33. The Hall–Kier alpha value is -2.44. The van der Waals surface area contributed by atoms with E-state index in [0.29, 0.717) is 19.1 Å². The first-order valence-corrected chi connectivity index (χ1v) is 11.2. The summed E-state index contributed by atoms with van der Waals surface area (Å²) in [6.45, 7) is 3.79. The number of ether oxygens (including phenoxy) is 1. The predicted molar refractivity (Wildman–Crippen MR) is 117 cm³/mol. The van der Waals surface area contributed by atoms with Gasteiger partial charge < -0.3 is 15.0 Å². The van der Waals surface area contributed by atoms with Crippen molar-refractivity contribution in [2.75, 3.05) is 37.7 Å². The van der Waals surface area contributed by atoms with Gasteiger partial charge in [0, 0.05) is 30.9 Å². The molecule has 1 saturated heterocycles. The van der Waals surface area contributed by atoms with Crippen molar-refractivity contribution in [1.29, 1.82) is 0 Å². The molecule has 150 valence electrons. The zero-order chi connectivity index (χ0) is 19.6. The fourth-order valence-corrected chi connectivity index (χ4v) is 4.86. The zero-order valence-electron chi connectivity index (χ0n) is 16.4. The highest BCUT2D eigenvalue weighted by molar-refractivity contribution is 7.19. The lowest BCUT2D eigenvalue weighted by atomic mass is 10.1. The first kappa shape index (κ1) is 18.6. The monoisotopic (exact) mass is 407 g/mol. The standard InChI is InChI=1S/C23H25N3O2S/c27-23(24-15-17-6-7-17)19-14-21(26-8-10-28-11-9-26)25-20-13-18(29-22(19)20)12-16-4-2-1-3-5-16/h1-5,13-14,17H,6-12,15H2,(H,24,27). The van der Waals surface area contributed by atoms with Crippen LogP contribution in [0.5, 0.6) is 0 Å². The van der Waals surface area contributed by atoms with Gasteiger partial charge in [-0.25, -0.2) is 4.98 Å². The molecule has 0 atom stereocenters. The van der Waals surface area contributed by atoms with E-state index in [1.54, 1.807) is 11.3 Å². The Morgan fingerprint density at radius 1 is 1.17 bits per heavy atom. The summed E-state index contributed by atoms with van der Waals surface area (Å²) in [5, 5.41) is 3.14. The van der Waals surface area contributed by atoms with Crippen LogP contribution in [-0.2, 0) is 11.2 Å². The van der Waals surface area contributed by atoms with Crippen molar-refractivity contribution in [3.8, 4) is 0 Å². The van der Waals surface area contributed by atoms with Crippen LogP contribution in [0.15, 0.2) is 42.5 Å². The van der Waals surface area contributed by atoms with Gasteiger partial charge in [0.1, 0.15) is 5.82 Å². The molecule has 3 heterocycles. The first-order chi connectivity index (χ1) is 14.3. The summed E-state index contributed by atoms with van der Waals surface area (Å²) in [7, 11) is 0. The second kappa shape index (κ2) is 8.13. The Kier molecular flexibility index (Phi) is 5.21. The third-order valence-electron chi connectivity index (χ3n) is 5.57. The number of anilines is 1. The van der Waals surface area contributed by atoms with Crippen molar-refractivity contribution in [3.63, 3.8) is 0 Å². The molecule has 1 aliphatic carbocycles. The van der Waals surface area contributed by atoms with Crippen molar-refractivity contribution in [2.24, 2.45) is 5.92 Å². The number of carbonyl (C=O) groups is 1. The van der Waals surface area contributed by atoms with Crippen LogP contribution >= 0.6 is 11.3 Å². The largest absolute Gasteiger partial charge is 0.378 e. The summed E-state index contributed by atoms with van der Waals surface area (Å²) in [6.07, 6.45) is 3.31. The number of aromatic nitrogens is 1. The molecule has 1 aliphatic heterocycles. The van der Waals surface area contributed by atoms with Gasteiger partial charge in [-0.2, -0.15) is 0 Å². The number of nitrogens with zero attached hydrogens (tertiary/aromatic N) is 2. The van der Waals surface area contributed by atoms with Crippen LogP contribution in [0.4, 0.5) is 5.82 Å². The number of rotatable bonds is 6. The Morgan fingerprint density at radius 3 is 2.72 bits per heavy atom. The van der Waals surface area contributed by atoms with E-state index >= 15 is 0 Å². The number of carbonyl (C=O) groups excluding carboxylic acids is 1. The number of benzene rings is 1. The minimum absolute atomic E-state index is 0.0203. The second-order valence-corrected chi connectivity index (χ2v) is 9.01. The number of thiophene rings is 1. The molecule has 1 aromatic carbocycles. The van der Waals surface area contributed by atoms with E-state index < -0.39 is 0 Å². The van der Waals surface area contributed by atoms with E-state index in [9.17, 15) is 4.79 Å². The lowest BCUT2D eigenvalue weighted by Crippen LogP contribution is -2.37. The van der Waals surface area contributed by atoms with E-state index in [4.69, 9.17) is 9.72 Å². The van der Waals surface area contributed by atoms with Gasteiger partial charge in [-0.3, -0.25) is 4.79 Å². The smallest absolute Gasteiger partial charge is 0.252 e. The highest BCUT2D eigenvalue weighted by Gasteiger charge is 2.24. The predicted octanol–water partition coefficient (Wildman–Crippen LogP) is 3.86. The number of fused-ring (bicyclic) bond motifs is 1. The third-order valence-corrected chi connectivity index (χ3v) is 6.72. The van der Waals surface area contributed by atoms with Gasteiger partial charge in [-0.05, 0) is 36.5 Å². The van der Waals surface area contributed by atoms with E-state index in [2.05, 4.69) is 40.5 Å². The molecule has 0 bridgehead atoms. The molecule has 2 aliphatic rings. The van der Waals surface area contributed by atoms with Crippen molar-refractivity contribution in [1.82, 2.24) is 10.3 Å². The van der Waals surface area contributed by atoms with Crippen LogP contribution in [0, 0.1) is 5.92 Å². The average molecular weight is 408 g/mol. The summed E-state index contributed by atoms with van der Waals surface area (Å²) in [6, 6.07) is 14.6. The van der Waals surface area contributed by atoms with Crippen LogP contribution in [0.3, 0.4) is 0 Å². The molecule has 0 unspecified atom stereocenters. The molecule has 1 amide bonds. The van der Waals surface area contributed by atoms with Gasteiger partial charge in [0.2, 0.25) is 0 Å². The molecule has 6 heteroatoms. The van der Waals surface area contributed by atoms with Crippen LogP contribution < -0.4 is 10.2 Å². The zero-order valence-corrected chi connectivity index (χ0v) is 17.2. The Balaban J connectivity index is 1.50. The topological polar surface area (TPSA) is 54.5 Å². The molecule has 1 saturated carbocycles. The Labute approximate surface area is 174 Å². The van der Waals surface area contributed by atoms with Gasteiger partial charge >= 0.3 is 0 Å². The van der Waals surface area contributed by atoms with E-state index in [0.717, 1.165) is 47.7 Å². The molecule has 0 radical (unpaired) electrons. The van der Waals surface area contributed by atoms with Crippen molar-refractivity contribution < 1.29 is 9.53 Å². The fourth-order valence-electron chi connectivity index (χ4n) is 3.72. The Bertz CT molecular complexity index is 1010. The first-order valence-electron chi connectivity index (χ1n) is 10.3. The van der Waals surface area contributed by atoms with Gasteiger partial charge in [0.25, 0.3) is 5.91 Å². The molecule has 3 aromatic rings. The number of pyridine rings is 1. The Morgan fingerprint density at radius 2 is 1.97 bits per heavy atom. The van der Waals surface area contributed by atoms with Crippen LogP contribution in [0.25, 0.3) is 10.2 Å². The normalized spacial score (nSPS) is 16.9. The lowest BCUT2D eigenvalue weighted by molar-refractivity contribution is 0.0953. The molecular weight excluding hydrogens is 382 g/mol. The van der Waals surface area contributed by atoms with Crippen molar-refractivity contribution >= 4 is 33.3 Å². The van der Waals surface area contributed by atoms with E-state index in [1.165, 1.54) is 23.3 Å². The minimum Gasteiger partial charge on any atom is -0.378 e. The lowest BCUT2D eigenvalue weighted by Gasteiger charge is -2.28. The maximum absolute atomic E-state index is 13.0. The quantitative estimate of drug-likeness (QED) is 0.674. The molecule has 1 N–H and O–H groups in total. The van der Waals surface area contributed by atoms with Crippen LogP contribution in [0.2, 0.25) is 0 Å². The number of hydrogen-bond acceptors (Lipinski definition) is 5. The maximum Gasteiger partial charge on any atom is 0.252 e. The summed E-state index contributed by atoms with van der Waals surface area (Å²) in [5.74, 6) is 1.56. The summed E-state index contributed by atoms with van der Waals surface area (Å²) in [4.78, 5) is 21.4. The second-order valence-electron chi connectivity index (χ2n) is 7.87. The number of morpholine rings is 1. The summed E-state index contributed by atoms with van der Waals surface area (Å²) >= 11 is 1.69. The molecule has 0 spiro atoms. The average Bonchev–Trinajstić information content (AvgIpc) is 3.51. The van der Waals surface area contributed by atoms with E-state index in [1.807, 2.05) is 12.1 Å². The summed E-state index contributed by atoms with van der Waals surface area (Å²) < 4.78 is 6.47. The highest BCUT2D eigenvalue weighted by atomic mass is 32.1. The SMILES string of the molecule is O=C(NCC1CC1)c1cc(N2CCOCC2)nc2cc(Cc3ccccc3)sc12. The van der Waals surface area contributed by atoms with Crippen molar-refractivity contribution in [3.05, 3.63) is 58.5 Å². The molecule has 2 fully saturated rings. The van der Waals surface area contributed by atoms with Gasteiger partial charge in [0.05, 0.1) is 29.0 Å². The minimum atomic E-state index is 0.0203. The molecule has 5 rings (SSSR count).